The minimum Gasteiger partial charge on any atom is -0.367 e. The van der Waals surface area contributed by atoms with Crippen molar-refractivity contribution < 1.29 is 14.3 Å². The van der Waals surface area contributed by atoms with Gasteiger partial charge in [0, 0.05) is 29.6 Å². The summed E-state index contributed by atoms with van der Waals surface area (Å²) in [6.07, 6.45) is 3.31. The minimum atomic E-state index is -0.828. The minimum absolute atomic E-state index is 0.180. The van der Waals surface area contributed by atoms with Crippen molar-refractivity contribution in [2.24, 2.45) is 11.8 Å². The third-order valence-electron chi connectivity index (χ3n) is 8.00. The molecule has 35 heavy (non-hydrogen) atoms. The average molecular weight is 488 g/mol. The van der Waals surface area contributed by atoms with Crippen molar-refractivity contribution in [1.82, 2.24) is 4.57 Å². The molecule has 0 saturated carbocycles. The maximum atomic E-state index is 13.9. The number of carbonyl (C=O) groups is 2. The molecule has 3 saturated heterocycles. The number of amides is 2. The van der Waals surface area contributed by atoms with Crippen molar-refractivity contribution >= 4 is 39.9 Å². The molecule has 1 aromatic heterocycles. The third kappa shape index (κ3) is 3.03. The molecule has 8 heteroatoms. The van der Waals surface area contributed by atoms with Gasteiger partial charge in [-0.1, -0.05) is 35.9 Å². The maximum Gasteiger partial charge on any atom is 0.250 e. The van der Waals surface area contributed by atoms with Gasteiger partial charge in [-0.2, -0.15) is 5.26 Å². The van der Waals surface area contributed by atoms with E-state index < -0.39 is 23.0 Å². The normalized spacial score (nSPS) is 29.1. The molecule has 3 aliphatic heterocycles. The lowest BCUT2D eigenvalue weighted by Crippen LogP contribution is -2.43. The van der Waals surface area contributed by atoms with Crippen molar-refractivity contribution in [3.63, 3.8) is 0 Å². The quantitative estimate of drug-likeness (QED) is 0.518. The first kappa shape index (κ1) is 22.0. The number of halogens is 1. The fraction of sp³-hybridized carbons (Fsp3) is 0.333. The Labute approximate surface area is 206 Å². The lowest BCUT2D eigenvalue weighted by Gasteiger charge is -2.31. The first-order valence-corrected chi connectivity index (χ1v) is 12.0. The van der Waals surface area contributed by atoms with E-state index in [-0.39, 0.29) is 17.4 Å². The maximum absolute atomic E-state index is 13.9. The predicted molar refractivity (Wildman–Crippen MR) is 130 cm³/mol. The Morgan fingerprint density at radius 2 is 1.77 bits per heavy atom. The highest BCUT2D eigenvalue weighted by atomic mass is 35.5. The van der Waals surface area contributed by atoms with E-state index in [1.165, 1.54) is 15.5 Å². The summed E-state index contributed by atoms with van der Waals surface area (Å²) in [7, 11) is 0. The van der Waals surface area contributed by atoms with Gasteiger partial charge in [0.05, 0.1) is 45.4 Å². The zero-order valence-electron chi connectivity index (χ0n) is 19.0. The number of aromatic nitrogens is 1. The molecule has 0 radical (unpaired) electrons. The van der Waals surface area contributed by atoms with E-state index in [1.807, 2.05) is 31.2 Å². The summed E-state index contributed by atoms with van der Waals surface area (Å²) in [5, 5.41) is 11.4. The number of aryl methyl sites for hydroxylation is 1. The number of imide groups is 1. The van der Waals surface area contributed by atoms with Crippen molar-refractivity contribution in [2.45, 2.75) is 43.9 Å². The monoisotopic (exact) mass is 487 g/mol. The van der Waals surface area contributed by atoms with Crippen LogP contribution in [0.5, 0.6) is 0 Å². The number of rotatable bonds is 4. The second kappa shape index (κ2) is 7.51. The summed E-state index contributed by atoms with van der Waals surface area (Å²) in [6.45, 7) is 2.25. The van der Waals surface area contributed by atoms with Gasteiger partial charge in [0.25, 0.3) is 5.56 Å². The number of nitriles is 1. The average Bonchev–Trinajstić information content (AvgIpc) is 3.43. The highest BCUT2D eigenvalue weighted by Crippen LogP contribution is 2.62. The molecular formula is C27H22ClN3O4. The topological polar surface area (TPSA) is 92.4 Å². The molecule has 0 spiro atoms. The Hall–Kier alpha value is -3.47. The van der Waals surface area contributed by atoms with E-state index in [4.69, 9.17) is 16.3 Å². The molecule has 3 fully saturated rings. The Balaban J connectivity index is 1.40. The molecule has 6 rings (SSSR count). The van der Waals surface area contributed by atoms with Crippen LogP contribution in [0, 0.1) is 23.2 Å². The smallest absolute Gasteiger partial charge is 0.250 e. The summed E-state index contributed by atoms with van der Waals surface area (Å²) in [5.41, 5.74) is -0.768. The van der Waals surface area contributed by atoms with E-state index in [9.17, 15) is 19.6 Å². The third-order valence-corrected chi connectivity index (χ3v) is 8.22. The van der Waals surface area contributed by atoms with Crippen LogP contribution in [0.25, 0.3) is 10.8 Å². The molecule has 3 aliphatic rings. The van der Waals surface area contributed by atoms with Gasteiger partial charge in [0.1, 0.15) is 0 Å². The van der Waals surface area contributed by atoms with Crippen molar-refractivity contribution in [2.75, 3.05) is 4.90 Å². The highest BCUT2D eigenvalue weighted by molar-refractivity contribution is 6.30. The largest absolute Gasteiger partial charge is 0.367 e. The summed E-state index contributed by atoms with van der Waals surface area (Å²) in [5.74, 6) is -1.76. The van der Waals surface area contributed by atoms with Gasteiger partial charge in [0.2, 0.25) is 11.8 Å². The van der Waals surface area contributed by atoms with E-state index in [2.05, 4.69) is 6.07 Å². The van der Waals surface area contributed by atoms with Gasteiger partial charge in [-0.15, -0.1) is 0 Å². The van der Waals surface area contributed by atoms with Crippen LogP contribution in [-0.4, -0.2) is 27.6 Å². The van der Waals surface area contributed by atoms with E-state index in [0.29, 0.717) is 52.9 Å². The molecule has 2 bridgehead atoms. The molecule has 2 amide bonds. The summed E-state index contributed by atoms with van der Waals surface area (Å²) >= 11 is 6.08. The van der Waals surface area contributed by atoms with Crippen LogP contribution in [0.2, 0.25) is 5.02 Å². The van der Waals surface area contributed by atoms with Crippen molar-refractivity contribution in [1.29, 1.82) is 5.26 Å². The summed E-state index contributed by atoms with van der Waals surface area (Å²) in [6, 6.07) is 15.8. The molecule has 2 aromatic carbocycles. The van der Waals surface area contributed by atoms with Crippen molar-refractivity contribution in [3.05, 3.63) is 75.7 Å². The van der Waals surface area contributed by atoms with Gasteiger partial charge in [-0.25, -0.2) is 4.90 Å². The van der Waals surface area contributed by atoms with Crippen LogP contribution in [0.1, 0.15) is 31.7 Å². The van der Waals surface area contributed by atoms with Crippen LogP contribution in [0.4, 0.5) is 5.69 Å². The summed E-state index contributed by atoms with van der Waals surface area (Å²) in [4.78, 5) is 41.3. The van der Waals surface area contributed by atoms with Crippen LogP contribution in [0.3, 0.4) is 0 Å². The molecule has 0 aliphatic carbocycles. The SMILES string of the molecule is CC12CCC(CCn3cc(Cl)ccc3=O)(O1)C1C(=O)N(c3ccc(C#N)c4ccccc34)C(=O)C12. The van der Waals surface area contributed by atoms with Gasteiger partial charge in [0.15, 0.2) is 0 Å². The van der Waals surface area contributed by atoms with Crippen LogP contribution in [0.15, 0.2) is 59.5 Å². The standard InChI is InChI=1S/C27H22ClN3O4/c1-26-10-11-27(35-26,12-13-30-15-17(28)7-9-21(30)32)23-22(26)24(33)31(25(23)34)20-8-6-16(14-29)18-4-2-3-5-19(18)20/h2-9,15,22-23H,10-13H2,1H3. The van der Waals surface area contributed by atoms with E-state index in [1.54, 1.807) is 24.4 Å². The number of fused-ring (bicyclic) bond motifs is 6. The van der Waals surface area contributed by atoms with Crippen molar-refractivity contribution in [3.8, 4) is 6.07 Å². The number of hydrogen-bond acceptors (Lipinski definition) is 5. The number of pyridine rings is 1. The Bertz CT molecular complexity index is 1520. The molecule has 0 N–H and O–H groups in total. The van der Waals surface area contributed by atoms with Gasteiger partial charge in [-0.05, 0) is 44.4 Å². The number of nitrogens with zero attached hydrogens (tertiary/aromatic N) is 3. The molecule has 176 valence electrons. The molecule has 7 nitrogen and oxygen atoms in total. The first-order valence-electron chi connectivity index (χ1n) is 11.6. The predicted octanol–water partition coefficient (Wildman–Crippen LogP) is 4.04. The lowest BCUT2D eigenvalue weighted by atomic mass is 9.67. The first-order chi connectivity index (χ1) is 16.8. The fourth-order valence-electron chi connectivity index (χ4n) is 6.41. The molecular weight excluding hydrogens is 466 g/mol. The number of hydrogen-bond donors (Lipinski definition) is 0. The lowest BCUT2D eigenvalue weighted by molar-refractivity contribution is -0.130. The molecule has 4 atom stereocenters. The Morgan fingerprint density at radius 1 is 1.03 bits per heavy atom. The van der Waals surface area contributed by atoms with E-state index >= 15 is 0 Å². The van der Waals surface area contributed by atoms with Gasteiger partial charge < -0.3 is 9.30 Å². The second-order valence-electron chi connectivity index (χ2n) is 9.87. The Kier molecular flexibility index (Phi) is 4.73. The van der Waals surface area contributed by atoms with Gasteiger partial charge >= 0.3 is 0 Å². The molecule has 3 aromatic rings. The van der Waals surface area contributed by atoms with E-state index in [0.717, 1.165) is 0 Å². The second-order valence-corrected chi connectivity index (χ2v) is 10.3. The number of benzene rings is 2. The molecule has 4 heterocycles. The van der Waals surface area contributed by atoms with Crippen LogP contribution >= 0.6 is 11.6 Å². The van der Waals surface area contributed by atoms with Crippen LogP contribution < -0.4 is 10.5 Å². The highest BCUT2D eigenvalue weighted by Gasteiger charge is 2.73. The number of carbonyl (C=O) groups excluding carboxylic acids is 2. The zero-order valence-corrected chi connectivity index (χ0v) is 19.8. The van der Waals surface area contributed by atoms with Gasteiger partial charge in [-0.3, -0.25) is 14.4 Å². The zero-order chi connectivity index (χ0) is 24.5. The fourth-order valence-corrected chi connectivity index (χ4v) is 6.59. The van der Waals surface area contributed by atoms with Crippen LogP contribution in [-0.2, 0) is 20.9 Å². The summed E-state index contributed by atoms with van der Waals surface area (Å²) < 4.78 is 8.02. The number of ether oxygens (including phenoxy) is 1. The number of anilines is 1. The Morgan fingerprint density at radius 3 is 2.54 bits per heavy atom. The molecule has 4 unspecified atom stereocenters.